The van der Waals surface area contributed by atoms with Crippen molar-refractivity contribution in [3.63, 3.8) is 0 Å². The number of nitrogens with zero attached hydrogens (tertiary/aromatic N) is 1. The van der Waals surface area contributed by atoms with Crippen LogP contribution in [0.25, 0.3) is 0 Å². The minimum Gasteiger partial charge on any atom is -0.391 e. The van der Waals surface area contributed by atoms with Crippen LogP contribution >= 0.6 is 0 Å². The van der Waals surface area contributed by atoms with Crippen LogP contribution in [-0.2, 0) is 4.74 Å². The summed E-state index contributed by atoms with van der Waals surface area (Å²) in [7, 11) is 4.33. The van der Waals surface area contributed by atoms with Crippen LogP contribution in [0.2, 0.25) is 0 Å². The summed E-state index contributed by atoms with van der Waals surface area (Å²) >= 11 is 0. The van der Waals surface area contributed by atoms with Crippen molar-refractivity contribution in [1.82, 2.24) is 4.90 Å². The number of ether oxygens (including phenoxy) is 1. The van der Waals surface area contributed by atoms with Gasteiger partial charge in [-0.2, -0.15) is 0 Å². The van der Waals surface area contributed by atoms with Crippen molar-refractivity contribution in [2.75, 3.05) is 20.7 Å². The first-order valence-electron chi connectivity index (χ1n) is 8.97. The van der Waals surface area contributed by atoms with Gasteiger partial charge in [-0.15, -0.1) is 0 Å². The van der Waals surface area contributed by atoms with Crippen molar-refractivity contribution in [3.8, 4) is 0 Å². The van der Waals surface area contributed by atoms with Crippen molar-refractivity contribution >= 4 is 0 Å². The Morgan fingerprint density at radius 2 is 1.86 bits per heavy atom. The SMILES string of the molecule is CC1CCCC(C(O)C2CCOC3(CCC3)C2)(N(C)C)C1. The molecule has 0 amide bonds. The lowest BCUT2D eigenvalue weighted by Gasteiger charge is -2.54. The molecule has 21 heavy (non-hydrogen) atoms. The third-order valence-corrected chi connectivity index (χ3v) is 6.69. The predicted octanol–water partition coefficient (Wildman–Crippen LogP) is 3.21. The van der Waals surface area contributed by atoms with E-state index in [0.29, 0.717) is 5.92 Å². The number of aliphatic hydroxyl groups excluding tert-OH is 1. The molecule has 4 unspecified atom stereocenters. The maximum absolute atomic E-state index is 11.3. The summed E-state index contributed by atoms with van der Waals surface area (Å²) in [5, 5.41) is 11.3. The average molecular weight is 295 g/mol. The fraction of sp³-hybridized carbons (Fsp3) is 1.00. The fourth-order valence-electron chi connectivity index (χ4n) is 5.20. The van der Waals surface area contributed by atoms with Crippen LogP contribution in [0, 0.1) is 11.8 Å². The normalized spacial score (nSPS) is 41.0. The third kappa shape index (κ3) is 2.77. The Hall–Kier alpha value is -0.120. The standard InChI is InChI=1S/C18H33NO2/c1-14-6-4-10-18(12-14,19(2)3)16(20)15-7-11-21-17(13-15)8-5-9-17/h14-16,20H,4-13H2,1-3H3. The Morgan fingerprint density at radius 3 is 2.43 bits per heavy atom. The van der Waals surface area contributed by atoms with Crippen molar-refractivity contribution in [3.05, 3.63) is 0 Å². The molecule has 2 saturated carbocycles. The fourth-order valence-corrected chi connectivity index (χ4v) is 5.20. The van der Waals surface area contributed by atoms with Crippen molar-refractivity contribution < 1.29 is 9.84 Å². The summed E-state index contributed by atoms with van der Waals surface area (Å²) < 4.78 is 6.06. The minimum absolute atomic E-state index is 0.00932. The minimum atomic E-state index is -0.198. The van der Waals surface area contributed by atoms with Gasteiger partial charge in [0.05, 0.1) is 11.7 Å². The van der Waals surface area contributed by atoms with Crippen LogP contribution in [0.1, 0.15) is 64.7 Å². The molecular formula is C18H33NO2. The smallest absolute Gasteiger partial charge is 0.0753 e. The van der Waals surface area contributed by atoms with Gasteiger partial charge in [0.25, 0.3) is 0 Å². The Bertz CT molecular complexity index is 366. The summed E-state index contributed by atoms with van der Waals surface area (Å²) in [6.45, 7) is 3.20. The molecule has 3 heteroatoms. The lowest BCUT2D eigenvalue weighted by Crippen LogP contribution is -2.60. The van der Waals surface area contributed by atoms with Gasteiger partial charge in [0.2, 0.25) is 0 Å². The molecule has 3 fully saturated rings. The number of hydrogen-bond acceptors (Lipinski definition) is 3. The lowest BCUT2D eigenvalue weighted by atomic mass is 9.64. The molecule has 1 N–H and O–H groups in total. The molecule has 1 spiro atoms. The maximum Gasteiger partial charge on any atom is 0.0753 e. The van der Waals surface area contributed by atoms with E-state index < -0.39 is 0 Å². The van der Waals surface area contributed by atoms with E-state index in [-0.39, 0.29) is 17.2 Å². The van der Waals surface area contributed by atoms with Crippen LogP contribution in [0.5, 0.6) is 0 Å². The molecule has 3 aliphatic rings. The van der Waals surface area contributed by atoms with E-state index in [9.17, 15) is 5.11 Å². The van der Waals surface area contributed by atoms with Gasteiger partial charge in [0.1, 0.15) is 0 Å². The van der Waals surface area contributed by atoms with E-state index >= 15 is 0 Å². The molecule has 4 atom stereocenters. The Balaban J connectivity index is 1.75. The molecule has 0 aromatic carbocycles. The van der Waals surface area contributed by atoms with Crippen molar-refractivity contribution in [2.24, 2.45) is 11.8 Å². The topological polar surface area (TPSA) is 32.7 Å². The Morgan fingerprint density at radius 1 is 1.10 bits per heavy atom. The van der Waals surface area contributed by atoms with Gasteiger partial charge in [-0.05, 0) is 70.9 Å². The molecule has 1 heterocycles. The van der Waals surface area contributed by atoms with Crippen LogP contribution < -0.4 is 0 Å². The molecule has 0 aromatic rings. The second kappa shape index (κ2) is 5.82. The summed E-state index contributed by atoms with van der Waals surface area (Å²) in [5.41, 5.74) is 0.127. The van der Waals surface area contributed by atoms with Crippen LogP contribution in [0.15, 0.2) is 0 Å². The van der Waals surface area contributed by atoms with E-state index in [1.807, 2.05) is 0 Å². The number of likely N-dealkylation sites (N-methyl/N-ethyl adjacent to an activating group) is 1. The van der Waals surface area contributed by atoms with Crippen molar-refractivity contribution in [2.45, 2.75) is 82.0 Å². The second-order valence-corrected chi connectivity index (χ2v) is 8.28. The molecule has 1 saturated heterocycles. The zero-order chi connectivity index (χ0) is 15.1. The highest BCUT2D eigenvalue weighted by Crippen LogP contribution is 2.48. The highest BCUT2D eigenvalue weighted by molar-refractivity contribution is 5.04. The van der Waals surface area contributed by atoms with Crippen LogP contribution in [0.4, 0.5) is 0 Å². The highest BCUT2D eigenvalue weighted by atomic mass is 16.5. The quantitative estimate of drug-likeness (QED) is 0.868. The monoisotopic (exact) mass is 295 g/mol. The molecule has 0 aromatic heterocycles. The van der Waals surface area contributed by atoms with Gasteiger partial charge in [0.15, 0.2) is 0 Å². The zero-order valence-electron chi connectivity index (χ0n) is 14.1. The van der Waals surface area contributed by atoms with Gasteiger partial charge in [-0.3, -0.25) is 0 Å². The lowest BCUT2D eigenvalue weighted by molar-refractivity contribution is -0.174. The second-order valence-electron chi connectivity index (χ2n) is 8.28. The summed E-state index contributed by atoms with van der Waals surface area (Å²) in [4.78, 5) is 2.33. The molecule has 2 aliphatic carbocycles. The predicted molar refractivity (Wildman–Crippen MR) is 85.3 cm³/mol. The first-order valence-corrected chi connectivity index (χ1v) is 8.97. The van der Waals surface area contributed by atoms with Gasteiger partial charge in [-0.25, -0.2) is 0 Å². The van der Waals surface area contributed by atoms with Gasteiger partial charge < -0.3 is 14.7 Å². The maximum atomic E-state index is 11.3. The van der Waals surface area contributed by atoms with E-state index in [1.54, 1.807) is 0 Å². The van der Waals surface area contributed by atoms with Crippen LogP contribution in [-0.4, -0.2) is 48.0 Å². The highest BCUT2D eigenvalue weighted by Gasteiger charge is 2.50. The largest absolute Gasteiger partial charge is 0.391 e. The van der Waals surface area contributed by atoms with Crippen molar-refractivity contribution in [1.29, 1.82) is 0 Å². The van der Waals surface area contributed by atoms with Gasteiger partial charge in [-0.1, -0.05) is 19.8 Å². The first-order chi connectivity index (χ1) is 9.97. The van der Waals surface area contributed by atoms with E-state index in [2.05, 4.69) is 25.9 Å². The summed E-state index contributed by atoms with van der Waals surface area (Å²) in [5.74, 6) is 1.15. The Labute approximate surface area is 130 Å². The molecule has 122 valence electrons. The number of aliphatic hydroxyl groups is 1. The zero-order valence-corrected chi connectivity index (χ0v) is 14.1. The summed E-state index contributed by atoms with van der Waals surface area (Å²) in [6, 6.07) is 0. The Kier molecular flexibility index (Phi) is 4.37. The summed E-state index contributed by atoms with van der Waals surface area (Å²) in [6.07, 6.45) is 10.5. The van der Waals surface area contributed by atoms with E-state index in [4.69, 9.17) is 4.74 Å². The van der Waals surface area contributed by atoms with Gasteiger partial charge >= 0.3 is 0 Å². The molecule has 1 aliphatic heterocycles. The van der Waals surface area contributed by atoms with E-state index in [0.717, 1.165) is 38.2 Å². The molecule has 0 radical (unpaired) electrons. The molecule has 0 bridgehead atoms. The van der Waals surface area contributed by atoms with E-state index in [1.165, 1.54) is 32.1 Å². The third-order valence-electron chi connectivity index (χ3n) is 6.69. The molecule has 3 rings (SSSR count). The molecular weight excluding hydrogens is 262 g/mol. The number of hydrogen-bond donors (Lipinski definition) is 1. The first kappa shape index (κ1) is 15.8. The number of rotatable bonds is 3. The van der Waals surface area contributed by atoms with Crippen LogP contribution in [0.3, 0.4) is 0 Å². The molecule has 3 nitrogen and oxygen atoms in total. The van der Waals surface area contributed by atoms with Gasteiger partial charge in [0, 0.05) is 12.1 Å². The average Bonchev–Trinajstić information content (AvgIpc) is 2.44.